The molecular formula is C15H22N2O3. The molecule has 2 N–H and O–H groups in total. The number of rotatable bonds is 4. The Kier molecular flexibility index (Phi) is 4.76. The molecule has 0 radical (unpaired) electrons. The quantitative estimate of drug-likeness (QED) is 0.889. The monoisotopic (exact) mass is 278 g/mol. The summed E-state index contributed by atoms with van der Waals surface area (Å²) in [5, 5.41) is 11.6. The number of nitrogens with one attached hydrogen (secondary N) is 1. The van der Waals surface area contributed by atoms with Gasteiger partial charge in [0, 0.05) is 18.3 Å². The van der Waals surface area contributed by atoms with Crippen molar-refractivity contribution in [2.45, 2.75) is 39.7 Å². The minimum atomic E-state index is -0.940. The molecule has 0 unspecified atom stereocenters. The van der Waals surface area contributed by atoms with Crippen LogP contribution in [0.15, 0.2) is 18.2 Å². The molecule has 0 fully saturated rings. The summed E-state index contributed by atoms with van der Waals surface area (Å²) in [6.07, 6.45) is -0.126. The maximum Gasteiger partial charge on any atom is 0.322 e. The molecule has 1 rings (SSSR count). The maximum absolute atomic E-state index is 12.2. The number of urea groups is 1. The first-order valence-corrected chi connectivity index (χ1v) is 6.47. The van der Waals surface area contributed by atoms with Crippen molar-refractivity contribution >= 4 is 17.7 Å². The Balaban J connectivity index is 2.84. The van der Waals surface area contributed by atoms with Crippen LogP contribution in [-0.2, 0) is 4.79 Å². The number of anilines is 1. The minimum Gasteiger partial charge on any atom is -0.481 e. The summed E-state index contributed by atoms with van der Waals surface area (Å²) < 4.78 is 0. The Labute approximate surface area is 119 Å². The first-order chi connectivity index (χ1) is 9.12. The summed E-state index contributed by atoms with van der Waals surface area (Å²) in [5.74, 6) is -0.940. The molecular weight excluding hydrogens is 256 g/mol. The van der Waals surface area contributed by atoms with Gasteiger partial charge in [0.2, 0.25) is 0 Å². The van der Waals surface area contributed by atoms with Gasteiger partial charge in [-0.05, 0) is 39.3 Å². The molecule has 1 aromatic carbocycles. The smallest absolute Gasteiger partial charge is 0.322 e. The van der Waals surface area contributed by atoms with Crippen LogP contribution in [0.4, 0.5) is 10.5 Å². The van der Waals surface area contributed by atoms with E-state index in [2.05, 4.69) is 5.32 Å². The molecule has 2 amide bonds. The lowest BCUT2D eigenvalue weighted by atomic mass is 10.0. The highest BCUT2D eigenvalue weighted by Gasteiger charge is 2.26. The fourth-order valence-corrected chi connectivity index (χ4v) is 2.09. The van der Waals surface area contributed by atoms with Crippen LogP contribution in [0.3, 0.4) is 0 Å². The van der Waals surface area contributed by atoms with Gasteiger partial charge in [-0.3, -0.25) is 9.69 Å². The Morgan fingerprint density at radius 1 is 1.30 bits per heavy atom. The number of aliphatic carboxylic acids is 1. The molecule has 0 heterocycles. The Bertz CT molecular complexity index is 524. The molecule has 0 aliphatic carbocycles. The van der Waals surface area contributed by atoms with Crippen molar-refractivity contribution < 1.29 is 14.7 Å². The van der Waals surface area contributed by atoms with Gasteiger partial charge in [0.05, 0.1) is 6.42 Å². The minimum absolute atomic E-state index is 0.126. The van der Waals surface area contributed by atoms with Crippen molar-refractivity contribution in [3.63, 3.8) is 0 Å². The van der Waals surface area contributed by atoms with E-state index in [1.54, 1.807) is 20.9 Å². The van der Waals surface area contributed by atoms with Crippen LogP contribution in [0.5, 0.6) is 0 Å². The second kappa shape index (κ2) is 5.94. The molecule has 0 aliphatic rings. The first-order valence-electron chi connectivity index (χ1n) is 6.47. The third-order valence-corrected chi connectivity index (χ3v) is 3.06. The van der Waals surface area contributed by atoms with Crippen LogP contribution in [0.2, 0.25) is 0 Å². The summed E-state index contributed by atoms with van der Waals surface area (Å²) in [7, 11) is 1.67. The van der Waals surface area contributed by atoms with Gasteiger partial charge in [-0.15, -0.1) is 0 Å². The lowest BCUT2D eigenvalue weighted by molar-refractivity contribution is -0.138. The zero-order chi connectivity index (χ0) is 15.5. The second-order valence-corrected chi connectivity index (χ2v) is 5.73. The number of carbonyl (C=O) groups is 2. The third kappa shape index (κ3) is 4.26. The van der Waals surface area contributed by atoms with Crippen molar-refractivity contribution in [1.82, 2.24) is 5.32 Å². The van der Waals surface area contributed by atoms with E-state index >= 15 is 0 Å². The lowest BCUT2D eigenvalue weighted by Crippen LogP contribution is -2.50. The second-order valence-electron chi connectivity index (χ2n) is 5.73. The summed E-state index contributed by atoms with van der Waals surface area (Å²) >= 11 is 0. The third-order valence-electron chi connectivity index (χ3n) is 3.06. The average Bonchev–Trinajstić information content (AvgIpc) is 2.25. The summed E-state index contributed by atoms with van der Waals surface area (Å²) in [4.78, 5) is 24.5. The molecule has 0 aromatic heterocycles. The van der Waals surface area contributed by atoms with Gasteiger partial charge in [-0.2, -0.15) is 0 Å². The number of benzene rings is 1. The average molecular weight is 278 g/mol. The maximum atomic E-state index is 12.2. The van der Waals surface area contributed by atoms with E-state index in [0.29, 0.717) is 0 Å². The van der Waals surface area contributed by atoms with E-state index in [4.69, 9.17) is 5.11 Å². The van der Waals surface area contributed by atoms with Gasteiger partial charge in [-0.1, -0.05) is 17.7 Å². The fourth-order valence-electron chi connectivity index (χ4n) is 2.09. The number of nitrogens with zero attached hydrogens (tertiary/aromatic N) is 1. The standard InChI is InChI=1S/C15H22N2O3/c1-10-6-7-12(11(2)8-10)17(5)14(20)16-15(3,4)9-13(18)19/h6-8H,9H2,1-5H3,(H,16,20)(H,18,19). The van der Waals surface area contributed by atoms with E-state index in [1.807, 2.05) is 32.0 Å². The van der Waals surface area contributed by atoms with Crippen LogP contribution >= 0.6 is 0 Å². The van der Waals surface area contributed by atoms with Gasteiger partial charge in [0.25, 0.3) is 0 Å². The highest BCUT2D eigenvalue weighted by Crippen LogP contribution is 2.20. The number of carboxylic acid groups (broad SMARTS) is 1. The van der Waals surface area contributed by atoms with Gasteiger partial charge < -0.3 is 10.4 Å². The van der Waals surface area contributed by atoms with Gasteiger partial charge in [0.1, 0.15) is 0 Å². The molecule has 110 valence electrons. The number of aryl methyl sites for hydroxylation is 2. The molecule has 1 aromatic rings. The molecule has 0 spiro atoms. The first kappa shape index (κ1) is 16.0. The highest BCUT2D eigenvalue weighted by molar-refractivity contribution is 5.93. The zero-order valence-electron chi connectivity index (χ0n) is 12.7. The van der Waals surface area contributed by atoms with Crippen molar-refractivity contribution in [3.8, 4) is 0 Å². The van der Waals surface area contributed by atoms with Crippen molar-refractivity contribution in [3.05, 3.63) is 29.3 Å². The van der Waals surface area contributed by atoms with Gasteiger partial charge in [-0.25, -0.2) is 4.79 Å². The summed E-state index contributed by atoms with van der Waals surface area (Å²) in [5.41, 5.74) is 2.14. The SMILES string of the molecule is Cc1ccc(N(C)C(=O)NC(C)(C)CC(=O)O)c(C)c1. The van der Waals surface area contributed by atoms with Crippen molar-refractivity contribution in [2.75, 3.05) is 11.9 Å². The lowest BCUT2D eigenvalue weighted by Gasteiger charge is -2.28. The molecule has 0 atom stereocenters. The van der Waals surface area contributed by atoms with E-state index < -0.39 is 11.5 Å². The topological polar surface area (TPSA) is 69.6 Å². The molecule has 20 heavy (non-hydrogen) atoms. The molecule has 0 saturated heterocycles. The Hall–Kier alpha value is -2.04. The molecule has 5 nitrogen and oxygen atoms in total. The number of carbonyl (C=O) groups excluding carboxylic acids is 1. The van der Waals surface area contributed by atoms with Crippen molar-refractivity contribution in [2.24, 2.45) is 0 Å². The highest BCUT2D eigenvalue weighted by atomic mass is 16.4. The number of hydrogen-bond donors (Lipinski definition) is 2. The number of hydrogen-bond acceptors (Lipinski definition) is 2. The Morgan fingerprint density at radius 2 is 1.90 bits per heavy atom. The molecule has 0 saturated carbocycles. The fraction of sp³-hybridized carbons (Fsp3) is 0.467. The molecule has 0 bridgehead atoms. The van der Waals surface area contributed by atoms with Crippen LogP contribution in [0, 0.1) is 13.8 Å². The zero-order valence-corrected chi connectivity index (χ0v) is 12.7. The van der Waals surface area contributed by atoms with Crippen LogP contribution < -0.4 is 10.2 Å². The van der Waals surface area contributed by atoms with E-state index in [1.165, 1.54) is 4.90 Å². The van der Waals surface area contributed by atoms with Gasteiger partial charge >= 0.3 is 12.0 Å². The van der Waals surface area contributed by atoms with Gasteiger partial charge in [0.15, 0.2) is 0 Å². The normalized spacial score (nSPS) is 11.1. The van der Waals surface area contributed by atoms with E-state index in [-0.39, 0.29) is 12.5 Å². The van der Waals surface area contributed by atoms with E-state index in [9.17, 15) is 9.59 Å². The summed E-state index contributed by atoms with van der Waals surface area (Å²) in [6, 6.07) is 5.51. The van der Waals surface area contributed by atoms with Crippen molar-refractivity contribution in [1.29, 1.82) is 0 Å². The predicted molar refractivity (Wildman–Crippen MR) is 79.2 cm³/mol. The van der Waals surface area contributed by atoms with Crippen LogP contribution in [0.25, 0.3) is 0 Å². The molecule has 0 aliphatic heterocycles. The van der Waals surface area contributed by atoms with Crippen LogP contribution in [-0.4, -0.2) is 29.7 Å². The predicted octanol–water partition coefficient (Wildman–Crippen LogP) is 2.70. The number of amides is 2. The van der Waals surface area contributed by atoms with Crippen LogP contribution in [0.1, 0.15) is 31.4 Å². The largest absolute Gasteiger partial charge is 0.481 e. The molecule has 5 heteroatoms. The Morgan fingerprint density at radius 3 is 2.40 bits per heavy atom. The number of carboxylic acids is 1. The van der Waals surface area contributed by atoms with E-state index in [0.717, 1.165) is 16.8 Å². The summed E-state index contributed by atoms with van der Waals surface area (Å²) in [6.45, 7) is 7.31.